The highest BCUT2D eigenvalue weighted by atomic mass is 19.1. The van der Waals surface area contributed by atoms with Crippen molar-refractivity contribution in [1.29, 1.82) is 0 Å². The first-order valence-electron chi connectivity index (χ1n) is 10.1. The molecule has 4 rings (SSSR count). The third-order valence-corrected chi connectivity index (χ3v) is 5.16. The molecule has 0 bridgehead atoms. The van der Waals surface area contributed by atoms with Crippen molar-refractivity contribution in [3.8, 4) is 11.5 Å². The van der Waals surface area contributed by atoms with E-state index in [0.717, 1.165) is 29.4 Å². The van der Waals surface area contributed by atoms with E-state index in [1.54, 1.807) is 13.2 Å². The summed E-state index contributed by atoms with van der Waals surface area (Å²) >= 11 is 0. The Morgan fingerprint density at radius 3 is 2.90 bits per heavy atom. The fraction of sp³-hybridized carbons (Fsp3) is 0.348. The van der Waals surface area contributed by atoms with Gasteiger partial charge in [-0.15, -0.1) is 0 Å². The molecular formula is C23H26FN3O3. The van der Waals surface area contributed by atoms with E-state index in [-0.39, 0.29) is 11.9 Å². The molecule has 1 fully saturated rings. The fourth-order valence-corrected chi connectivity index (χ4v) is 3.53. The third-order valence-electron chi connectivity index (χ3n) is 5.16. The van der Waals surface area contributed by atoms with Crippen molar-refractivity contribution in [2.75, 3.05) is 33.4 Å². The number of hydrogen-bond acceptors (Lipinski definition) is 5. The van der Waals surface area contributed by atoms with Crippen LogP contribution in [0, 0.1) is 5.82 Å². The zero-order chi connectivity index (χ0) is 20.8. The summed E-state index contributed by atoms with van der Waals surface area (Å²) in [5, 5.41) is 7.50. The van der Waals surface area contributed by atoms with E-state index in [0.29, 0.717) is 38.3 Å². The van der Waals surface area contributed by atoms with Crippen molar-refractivity contribution < 1.29 is 18.6 Å². The van der Waals surface area contributed by atoms with E-state index < -0.39 is 0 Å². The van der Waals surface area contributed by atoms with Crippen LogP contribution < -0.4 is 9.47 Å². The maximum atomic E-state index is 14.0. The van der Waals surface area contributed by atoms with Crippen LogP contribution >= 0.6 is 0 Å². The van der Waals surface area contributed by atoms with Crippen LogP contribution in [0.5, 0.6) is 11.5 Å². The molecule has 1 aliphatic rings. The van der Waals surface area contributed by atoms with Crippen LogP contribution in [0.1, 0.15) is 23.1 Å². The topological polar surface area (TPSA) is 59.6 Å². The molecule has 1 aliphatic heterocycles. The molecule has 0 amide bonds. The molecule has 1 unspecified atom stereocenters. The lowest BCUT2D eigenvalue weighted by molar-refractivity contribution is -0.0352. The lowest BCUT2D eigenvalue weighted by atomic mass is 10.1. The van der Waals surface area contributed by atoms with Gasteiger partial charge in [-0.1, -0.05) is 24.3 Å². The van der Waals surface area contributed by atoms with Crippen LogP contribution in [0.2, 0.25) is 0 Å². The molecule has 0 spiro atoms. The minimum absolute atomic E-state index is 0.130. The number of methoxy groups -OCH3 is 1. The summed E-state index contributed by atoms with van der Waals surface area (Å²) < 4.78 is 30.9. The first kappa shape index (κ1) is 20.4. The molecule has 3 aromatic rings. The zero-order valence-corrected chi connectivity index (χ0v) is 17.0. The van der Waals surface area contributed by atoms with Crippen LogP contribution in [0.4, 0.5) is 4.39 Å². The van der Waals surface area contributed by atoms with Crippen molar-refractivity contribution in [3.05, 3.63) is 77.4 Å². The number of aromatic nitrogens is 2. The lowest BCUT2D eigenvalue weighted by Gasteiger charge is -2.32. The van der Waals surface area contributed by atoms with Gasteiger partial charge in [-0.3, -0.25) is 10.00 Å². The van der Waals surface area contributed by atoms with E-state index in [2.05, 4.69) is 15.1 Å². The van der Waals surface area contributed by atoms with Crippen molar-refractivity contribution in [2.45, 2.75) is 19.1 Å². The van der Waals surface area contributed by atoms with Crippen LogP contribution in [-0.2, 0) is 17.7 Å². The minimum atomic E-state index is -0.168. The molecule has 1 N–H and O–H groups in total. The Morgan fingerprint density at radius 2 is 2.03 bits per heavy atom. The summed E-state index contributed by atoms with van der Waals surface area (Å²) in [7, 11) is 1.63. The number of nitrogens with zero attached hydrogens (tertiary/aromatic N) is 2. The van der Waals surface area contributed by atoms with Gasteiger partial charge in [0.25, 0.3) is 0 Å². The van der Waals surface area contributed by atoms with Crippen LogP contribution in [0.25, 0.3) is 0 Å². The highest BCUT2D eigenvalue weighted by Gasteiger charge is 2.24. The smallest absolute Gasteiger partial charge is 0.127 e. The first-order valence-corrected chi connectivity index (χ1v) is 10.1. The molecule has 0 aliphatic carbocycles. The average Bonchev–Trinajstić information content (AvgIpc) is 3.25. The Kier molecular flexibility index (Phi) is 6.61. The molecule has 2 heterocycles. The van der Waals surface area contributed by atoms with E-state index in [1.807, 2.05) is 42.5 Å². The quantitative estimate of drug-likeness (QED) is 0.612. The SMILES string of the molecule is COc1cccc(OCCc2cc(C3CN(Cc4ccccc4F)CCO3)n[nH]2)c1. The molecule has 0 saturated carbocycles. The van der Waals surface area contributed by atoms with Gasteiger partial charge >= 0.3 is 0 Å². The Labute approximate surface area is 175 Å². The van der Waals surface area contributed by atoms with Gasteiger partial charge in [-0.25, -0.2) is 4.39 Å². The number of benzene rings is 2. The monoisotopic (exact) mass is 411 g/mol. The van der Waals surface area contributed by atoms with Gasteiger partial charge in [0.2, 0.25) is 0 Å². The standard InChI is InChI=1S/C23H26FN3O3/c1-28-19-6-4-7-20(14-19)29-11-9-18-13-22(26-25-18)23-16-27(10-12-30-23)15-17-5-2-3-8-21(17)24/h2-8,13-14,23H,9-12,15-16H2,1H3,(H,25,26). The van der Waals surface area contributed by atoms with Crippen molar-refractivity contribution in [2.24, 2.45) is 0 Å². The van der Waals surface area contributed by atoms with Gasteiger partial charge in [0, 0.05) is 43.4 Å². The highest BCUT2D eigenvalue weighted by molar-refractivity contribution is 5.32. The van der Waals surface area contributed by atoms with Gasteiger partial charge in [0.15, 0.2) is 0 Å². The molecule has 0 radical (unpaired) electrons. The minimum Gasteiger partial charge on any atom is -0.497 e. The van der Waals surface area contributed by atoms with E-state index in [4.69, 9.17) is 14.2 Å². The Bertz CT molecular complexity index is 962. The van der Waals surface area contributed by atoms with E-state index >= 15 is 0 Å². The number of ether oxygens (including phenoxy) is 3. The Hall–Kier alpha value is -2.90. The van der Waals surface area contributed by atoms with Crippen molar-refractivity contribution in [1.82, 2.24) is 15.1 Å². The molecule has 158 valence electrons. The maximum absolute atomic E-state index is 14.0. The van der Waals surface area contributed by atoms with Gasteiger partial charge in [0.05, 0.1) is 26.0 Å². The molecule has 30 heavy (non-hydrogen) atoms. The van der Waals surface area contributed by atoms with Gasteiger partial charge in [-0.2, -0.15) is 5.10 Å². The molecule has 1 atom stereocenters. The van der Waals surface area contributed by atoms with Crippen LogP contribution in [0.15, 0.2) is 54.6 Å². The molecular weight excluding hydrogens is 385 g/mol. The predicted octanol–water partition coefficient (Wildman–Crippen LogP) is 3.75. The second-order valence-corrected chi connectivity index (χ2v) is 7.28. The highest BCUT2D eigenvalue weighted by Crippen LogP contribution is 2.23. The largest absolute Gasteiger partial charge is 0.497 e. The summed E-state index contributed by atoms with van der Waals surface area (Å²) in [5.74, 6) is 1.37. The van der Waals surface area contributed by atoms with Crippen LogP contribution in [0.3, 0.4) is 0 Å². The summed E-state index contributed by atoms with van der Waals surface area (Å²) in [6.07, 6.45) is 0.574. The second kappa shape index (κ2) is 9.73. The second-order valence-electron chi connectivity index (χ2n) is 7.28. The van der Waals surface area contributed by atoms with Crippen LogP contribution in [-0.4, -0.2) is 48.5 Å². The third kappa shape index (κ3) is 5.17. The summed E-state index contributed by atoms with van der Waals surface area (Å²) in [6, 6.07) is 16.5. The summed E-state index contributed by atoms with van der Waals surface area (Å²) in [6.45, 7) is 3.15. The Morgan fingerprint density at radius 1 is 1.17 bits per heavy atom. The van der Waals surface area contributed by atoms with Crippen molar-refractivity contribution in [3.63, 3.8) is 0 Å². The number of halogens is 1. The molecule has 1 aromatic heterocycles. The lowest BCUT2D eigenvalue weighted by Crippen LogP contribution is -2.38. The molecule has 7 heteroatoms. The molecule has 6 nitrogen and oxygen atoms in total. The maximum Gasteiger partial charge on any atom is 0.127 e. The number of nitrogens with one attached hydrogen (secondary N) is 1. The van der Waals surface area contributed by atoms with Crippen molar-refractivity contribution >= 4 is 0 Å². The van der Waals surface area contributed by atoms with Gasteiger partial charge in [-0.05, 0) is 24.3 Å². The van der Waals surface area contributed by atoms with Gasteiger partial charge < -0.3 is 14.2 Å². The molecule has 1 saturated heterocycles. The normalized spacial score (nSPS) is 17.1. The predicted molar refractivity (Wildman–Crippen MR) is 111 cm³/mol. The average molecular weight is 411 g/mol. The number of rotatable bonds is 8. The number of H-pyrrole nitrogens is 1. The first-order chi connectivity index (χ1) is 14.7. The molecule has 2 aromatic carbocycles. The van der Waals surface area contributed by atoms with E-state index in [1.165, 1.54) is 6.07 Å². The van der Waals surface area contributed by atoms with E-state index in [9.17, 15) is 4.39 Å². The number of morpholine rings is 1. The number of hydrogen-bond donors (Lipinski definition) is 1. The Balaban J connectivity index is 1.30. The summed E-state index contributed by atoms with van der Waals surface area (Å²) in [4.78, 5) is 2.20. The number of aromatic amines is 1. The summed E-state index contributed by atoms with van der Waals surface area (Å²) in [5.41, 5.74) is 2.56. The van der Waals surface area contributed by atoms with Gasteiger partial charge in [0.1, 0.15) is 23.4 Å². The fourth-order valence-electron chi connectivity index (χ4n) is 3.53. The zero-order valence-electron chi connectivity index (χ0n) is 17.0.